The second-order valence-corrected chi connectivity index (χ2v) is 14.1. The molecule has 0 aliphatic carbocycles. The minimum atomic E-state index is 0.491. The summed E-state index contributed by atoms with van der Waals surface area (Å²) in [6.07, 6.45) is 1.76. The lowest BCUT2D eigenvalue weighted by atomic mass is 9.98. The molecule has 0 radical (unpaired) electrons. The van der Waals surface area contributed by atoms with Crippen LogP contribution in [0.3, 0.4) is 0 Å². The van der Waals surface area contributed by atoms with Crippen molar-refractivity contribution in [1.29, 1.82) is 0 Å². The van der Waals surface area contributed by atoms with Gasteiger partial charge in [0.1, 0.15) is 0 Å². The van der Waals surface area contributed by atoms with Crippen LogP contribution in [-0.2, 0) is 0 Å². The van der Waals surface area contributed by atoms with Crippen LogP contribution in [0.2, 0.25) is 0 Å². The van der Waals surface area contributed by atoms with E-state index < -0.39 is 0 Å². The lowest BCUT2D eigenvalue weighted by Gasteiger charge is -2.26. The van der Waals surface area contributed by atoms with Gasteiger partial charge >= 0.3 is 0 Å². The van der Waals surface area contributed by atoms with E-state index in [1.54, 1.807) is 6.20 Å². The fourth-order valence-corrected chi connectivity index (χ4v) is 7.83. The van der Waals surface area contributed by atoms with E-state index in [0.29, 0.717) is 11.4 Å². The van der Waals surface area contributed by atoms with E-state index in [4.69, 9.17) is 11.6 Å². The largest absolute Gasteiger partial charge is 0.311 e. The molecule has 0 fully saturated rings. The molecule has 10 rings (SSSR count). The molecule has 8 aromatic carbocycles. The van der Waals surface area contributed by atoms with Gasteiger partial charge in [0.05, 0.1) is 23.3 Å². The van der Waals surface area contributed by atoms with Crippen LogP contribution in [0.1, 0.15) is 0 Å². The molecule has 0 atom stereocenters. The summed E-state index contributed by atoms with van der Waals surface area (Å²) in [5.41, 5.74) is 13.0. The number of benzene rings is 8. The van der Waals surface area contributed by atoms with E-state index in [-0.39, 0.29) is 0 Å². The maximum Gasteiger partial charge on any atom is 0.222 e. The zero-order chi connectivity index (χ0) is 38.1. The number of hydrogen-bond acceptors (Lipinski definition) is 3. The molecule has 0 N–H and O–H groups in total. The van der Waals surface area contributed by atoms with E-state index in [2.05, 4.69) is 172 Å². The first-order valence-corrected chi connectivity index (χ1v) is 19.0. The summed E-state index contributed by atoms with van der Waals surface area (Å²) < 4.78 is 0. The number of anilines is 3. The lowest BCUT2D eigenvalue weighted by Crippen LogP contribution is -2.09. The van der Waals surface area contributed by atoms with Crippen LogP contribution >= 0.6 is 0 Å². The Morgan fingerprint density at radius 2 is 0.877 bits per heavy atom. The molecule has 0 saturated heterocycles. The first-order chi connectivity index (χ1) is 28.2. The van der Waals surface area contributed by atoms with Crippen molar-refractivity contribution in [3.05, 3.63) is 218 Å². The minimum Gasteiger partial charge on any atom is -0.311 e. The zero-order valence-corrected chi connectivity index (χ0v) is 30.9. The van der Waals surface area contributed by atoms with E-state index in [1.165, 1.54) is 32.7 Å². The molecule has 2 heterocycles. The molecule has 4 nitrogen and oxygen atoms in total. The average Bonchev–Trinajstić information content (AvgIpc) is 3.29. The summed E-state index contributed by atoms with van der Waals surface area (Å²) in [4.78, 5) is 16.0. The first kappa shape index (κ1) is 33.7. The average molecular weight is 727 g/mol. The third-order valence-electron chi connectivity index (χ3n) is 10.7. The topological polar surface area (TPSA) is 33.4 Å². The quantitative estimate of drug-likeness (QED) is 0.153. The lowest BCUT2D eigenvalue weighted by molar-refractivity contribution is 1.28. The van der Waals surface area contributed by atoms with Crippen LogP contribution in [0, 0.1) is 6.57 Å². The Labute approximate surface area is 331 Å². The Bertz CT molecular complexity index is 2990. The molecule has 2 aromatic heterocycles. The number of pyridine rings is 2. The van der Waals surface area contributed by atoms with Gasteiger partial charge in [-0.15, -0.1) is 0 Å². The third-order valence-corrected chi connectivity index (χ3v) is 10.7. The molecule has 0 amide bonds. The van der Waals surface area contributed by atoms with Gasteiger partial charge in [-0.25, -0.2) is 4.85 Å². The summed E-state index contributed by atoms with van der Waals surface area (Å²) in [6.45, 7) is 8.32. The highest BCUT2D eigenvalue weighted by Gasteiger charge is 2.20. The highest BCUT2D eigenvalue weighted by atomic mass is 15.1. The van der Waals surface area contributed by atoms with Crippen molar-refractivity contribution in [2.45, 2.75) is 0 Å². The van der Waals surface area contributed by atoms with E-state index in [1.807, 2.05) is 42.5 Å². The molecule has 4 heteroatoms. The smallest absolute Gasteiger partial charge is 0.222 e. The highest BCUT2D eigenvalue weighted by Crippen LogP contribution is 2.43. The number of hydrogen-bond donors (Lipinski definition) is 0. The van der Waals surface area contributed by atoms with Gasteiger partial charge in [0.15, 0.2) is 0 Å². The molecule has 0 bridgehead atoms. The van der Waals surface area contributed by atoms with E-state index in [0.717, 1.165) is 55.9 Å². The fourth-order valence-electron chi connectivity index (χ4n) is 7.83. The van der Waals surface area contributed by atoms with Crippen LogP contribution in [0.15, 0.2) is 206 Å². The van der Waals surface area contributed by atoms with Gasteiger partial charge in [-0.05, 0) is 116 Å². The third kappa shape index (κ3) is 6.34. The number of rotatable bonds is 7. The van der Waals surface area contributed by atoms with Crippen LogP contribution in [0.5, 0.6) is 0 Å². The summed E-state index contributed by atoms with van der Waals surface area (Å²) in [6, 6.07) is 70.0. The number of nitrogens with zero attached hydrogens (tertiary/aromatic N) is 4. The molecule has 266 valence electrons. The highest BCUT2D eigenvalue weighted by molar-refractivity contribution is 6.04. The Morgan fingerprint density at radius 3 is 1.40 bits per heavy atom. The maximum absolute atomic E-state index is 8.32. The maximum atomic E-state index is 8.32. The van der Waals surface area contributed by atoms with Crippen molar-refractivity contribution in [2.75, 3.05) is 4.90 Å². The molecule has 0 saturated carbocycles. The fraction of sp³-hybridized carbons (Fsp3) is 0. The predicted octanol–water partition coefficient (Wildman–Crippen LogP) is 14.6. The molecule has 0 aliphatic rings. The Hall–Kier alpha value is -7.87. The van der Waals surface area contributed by atoms with Crippen molar-refractivity contribution >= 4 is 55.3 Å². The van der Waals surface area contributed by atoms with Crippen LogP contribution in [0.25, 0.3) is 82.1 Å². The van der Waals surface area contributed by atoms with Crippen molar-refractivity contribution in [3.63, 3.8) is 0 Å². The first-order valence-electron chi connectivity index (χ1n) is 19.0. The van der Waals surface area contributed by atoms with Crippen molar-refractivity contribution < 1.29 is 0 Å². The van der Waals surface area contributed by atoms with Crippen molar-refractivity contribution in [1.82, 2.24) is 9.97 Å². The molecule has 57 heavy (non-hydrogen) atoms. The summed E-state index contributed by atoms with van der Waals surface area (Å²) in [7, 11) is 0. The van der Waals surface area contributed by atoms with Gasteiger partial charge in [-0.2, -0.15) is 0 Å². The second-order valence-electron chi connectivity index (χ2n) is 14.1. The van der Waals surface area contributed by atoms with Gasteiger partial charge in [-0.1, -0.05) is 140 Å². The molecule has 10 aromatic rings. The van der Waals surface area contributed by atoms with Gasteiger partial charge in [0, 0.05) is 28.8 Å². The second kappa shape index (κ2) is 14.4. The van der Waals surface area contributed by atoms with Gasteiger partial charge in [0.25, 0.3) is 0 Å². The van der Waals surface area contributed by atoms with Gasteiger partial charge in [0.2, 0.25) is 5.69 Å². The van der Waals surface area contributed by atoms with Crippen LogP contribution in [0.4, 0.5) is 22.7 Å². The zero-order valence-electron chi connectivity index (χ0n) is 30.9. The predicted molar refractivity (Wildman–Crippen MR) is 237 cm³/mol. The molecule has 0 aliphatic heterocycles. The van der Waals surface area contributed by atoms with Crippen molar-refractivity contribution in [2.24, 2.45) is 0 Å². The molecule has 0 spiro atoms. The van der Waals surface area contributed by atoms with Gasteiger partial charge in [-0.3, -0.25) is 9.97 Å². The van der Waals surface area contributed by atoms with Crippen LogP contribution < -0.4 is 4.90 Å². The number of aromatic nitrogens is 2. The monoisotopic (exact) mass is 726 g/mol. The molecular formula is C53H34N4. The Balaban J connectivity index is 1.06. The van der Waals surface area contributed by atoms with E-state index in [9.17, 15) is 0 Å². The normalized spacial score (nSPS) is 11.1. The van der Waals surface area contributed by atoms with Crippen LogP contribution in [-0.4, -0.2) is 9.97 Å². The Morgan fingerprint density at radius 1 is 0.404 bits per heavy atom. The van der Waals surface area contributed by atoms with E-state index >= 15 is 0 Å². The molecular weight excluding hydrogens is 693 g/mol. The summed E-state index contributed by atoms with van der Waals surface area (Å²) in [5.74, 6) is 0. The molecule has 0 unspecified atom stereocenters. The van der Waals surface area contributed by atoms with Crippen molar-refractivity contribution in [3.8, 4) is 44.6 Å². The SMILES string of the molecule is [C-]#[N+]c1c(-c2ccc(N(c3ccc(-c4ccc5ccccc5c4)cc3)c3ccc(-c4ccc5ccccc5c4)cc3)cc2)nc2cccnc2c1-c1ccccc1. The number of fused-ring (bicyclic) bond motifs is 3. The summed E-state index contributed by atoms with van der Waals surface area (Å²) >= 11 is 0. The summed E-state index contributed by atoms with van der Waals surface area (Å²) in [5, 5.41) is 4.91. The van der Waals surface area contributed by atoms with Gasteiger partial charge < -0.3 is 4.90 Å². The standard InChI is InChI=1S/C53H34N4/c1-54-53-50(40-12-3-2-4-13-40)52-49(16-9-33-55-52)56-51(53)41-25-31-48(32-26-41)57(46-27-21-38(22-28-46)44-19-17-36-10-5-7-14-42(36)34-44)47-29-23-39(24-30-47)45-20-18-37-11-6-8-15-43(37)35-45/h2-35H. The minimum absolute atomic E-state index is 0.491. The Kier molecular flexibility index (Phi) is 8.52.